The molecule has 0 aliphatic heterocycles. The number of rotatable bonds is 11. The molecule has 7 heteroatoms. The van der Waals surface area contributed by atoms with Crippen LogP contribution in [0.2, 0.25) is 0 Å². The standard InChI is InChI=1S/C23H29BrN2O4/c1-4-25-23(28)17(2)26(16-18-7-5-8-19(24)15-18)22(27)9-6-14-30-21-12-10-20(29-3)11-13-21/h5,7-8,10-13,15,17H,4,6,9,14,16H2,1-3H3,(H,25,28)/t17-/m0/s1. The van der Waals surface area contributed by atoms with E-state index in [4.69, 9.17) is 9.47 Å². The Kier molecular flexibility index (Phi) is 9.67. The molecule has 30 heavy (non-hydrogen) atoms. The molecule has 0 saturated heterocycles. The quantitative estimate of drug-likeness (QED) is 0.494. The molecule has 0 saturated carbocycles. The maximum atomic E-state index is 12.9. The summed E-state index contributed by atoms with van der Waals surface area (Å²) in [6.45, 7) is 4.93. The summed E-state index contributed by atoms with van der Waals surface area (Å²) in [6, 6.07) is 14.5. The van der Waals surface area contributed by atoms with Crippen LogP contribution in [0, 0.1) is 0 Å². The number of benzene rings is 2. The Hall–Kier alpha value is -2.54. The molecule has 0 spiro atoms. The molecule has 2 aromatic carbocycles. The van der Waals surface area contributed by atoms with E-state index in [0.29, 0.717) is 32.5 Å². The predicted molar refractivity (Wildman–Crippen MR) is 121 cm³/mol. The van der Waals surface area contributed by atoms with Crippen molar-refractivity contribution in [2.75, 3.05) is 20.3 Å². The van der Waals surface area contributed by atoms with Crippen molar-refractivity contribution < 1.29 is 19.1 Å². The normalized spacial score (nSPS) is 11.5. The fourth-order valence-electron chi connectivity index (χ4n) is 2.97. The molecule has 1 atom stereocenters. The Labute approximate surface area is 186 Å². The predicted octanol–water partition coefficient (Wildman–Crippen LogP) is 4.17. The van der Waals surface area contributed by atoms with Gasteiger partial charge in [-0.2, -0.15) is 0 Å². The van der Waals surface area contributed by atoms with E-state index >= 15 is 0 Å². The summed E-state index contributed by atoms with van der Waals surface area (Å²) in [4.78, 5) is 26.9. The van der Waals surface area contributed by atoms with E-state index in [1.165, 1.54) is 0 Å². The summed E-state index contributed by atoms with van der Waals surface area (Å²) in [7, 11) is 1.61. The monoisotopic (exact) mass is 476 g/mol. The van der Waals surface area contributed by atoms with Gasteiger partial charge in [0.15, 0.2) is 0 Å². The lowest BCUT2D eigenvalue weighted by Crippen LogP contribution is -2.47. The first-order valence-corrected chi connectivity index (χ1v) is 10.8. The molecular weight excluding hydrogens is 448 g/mol. The van der Waals surface area contributed by atoms with Gasteiger partial charge in [-0.05, 0) is 62.2 Å². The Morgan fingerprint density at radius 2 is 1.83 bits per heavy atom. The zero-order valence-corrected chi connectivity index (χ0v) is 19.3. The molecule has 0 bridgehead atoms. The van der Waals surface area contributed by atoms with Gasteiger partial charge in [0.25, 0.3) is 0 Å². The highest BCUT2D eigenvalue weighted by atomic mass is 79.9. The SMILES string of the molecule is CCNC(=O)[C@H](C)N(Cc1cccc(Br)c1)C(=O)CCCOc1ccc(OC)cc1. The van der Waals surface area contributed by atoms with Crippen molar-refractivity contribution in [2.24, 2.45) is 0 Å². The molecule has 0 fully saturated rings. The second-order valence-electron chi connectivity index (χ2n) is 6.85. The molecule has 0 radical (unpaired) electrons. The van der Waals surface area contributed by atoms with Gasteiger partial charge in [-0.15, -0.1) is 0 Å². The first-order chi connectivity index (χ1) is 14.4. The van der Waals surface area contributed by atoms with Crippen molar-refractivity contribution in [1.82, 2.24) is 10.2 Å². The van der Waals surface area contributed by atoms with Crippen LogP contribution in [0.1, 0.15) is 32.3 Å². The maximum absolute atomic E-state index is 12.9. The van der Waals surface area contributed by atoms with Gasteiger partial charge in [0.2, 0.25) is 11.8 Å². The van der Waals surface area contributed by atoms with Crippen molar-refractivity contribution in [1.29, 1.82) is 0 Å². The molecule has 0 aliphatic carbocycles. The first-order valence-electron chi connectivity index (χ1n) is 10.0. The Bertz CT molecular complexity index is 826. The summed E-state index contributed by atoms with van der Waals surface area (Å²) in [5, 5.41) is 2.80. The van der Waals surface area contributed by atoms with Crippen LogP contribution in [0.5, 0.6) is 11.5 Å². The molecule has 2 amide bonds. The van der Waals surface area contributed by atoms with Crippen molar-refractivity contribution in [3.8, 4) is 11.5 Å². The van der Waals surface area contributed by atoms with Gasteiger partial charge >= 0.3 is 0 Å². The molecule has 2 rings (SSSR count). The molecule has 0 heterocycles. The number of ether oxygens (including phenoxy) is 2. The van der Waals surface area contributed by atoms with Crippen LogP contribution in [-0.4, -0.2) is 43.0 Å². The molecule has 162 valence electrons. The largest absolute Gasteiger partial charge is 0.497 e. The van der Waals surface area contributed by atoms with E-state index in [1.807, 2.05) is 55.5 Å². The highest BCUT2D eigenvalue weighted by Crippen LogP contribution is 2.18. The zero-order valence-electron chi connectivity index (χ0n) is 17.7. The van der Waals surface area contributed by atoms with Gasteiger partial charge in [-0.25, -0.2) is 0 Å². The molecular formula is C23H29BrN2O4. The number of halogens is 1. The number of likely N-dealkylation sites (N-methyl/N-ethyl adjacent to an activating group) is 1. The molecule has 1 N–H and O–H groups in total. The number of carbonyl (C=O) groups excluding carboxylic acids is 2. The lowest BCUT2D eigenvalue weighted by molar-refractivity contribution is -0.140. The van der Waals surface area contributed by atoms with Crippen LogP contribution in [-0.2, 0) is 16.1 Å². The van der Waals surface area contributed by atoms with Crippen molar-refractivity contribution in [3.05, 3.63) is 58.6 Å². The molecule has 2 aromatic rings. The van der Waals surface area contributed by atoms with E-state index in [2.05, 4.69) is 21.2 Å². The van der Waals surface area contributed by atoms with E-state index in [9.17, 15) is 9.59 Å². The number of hydrogen-bond donors (Lipinski definition) is 1. The van der Waals surface area contributed by atoms with Gasteiger partial charge in [-0.1, -0.05) is 28.1 Å². The average Bonchev–Trinajstić information content (AvgIpc) is 2.75. The third kappa shape index (κ3) is 7.37. The third-order valence-electron chi connectivity index (χ3n) is 4.62. The average molecular weight is 477 g/mol. The summed E-state index contributed by atoms with van der Waals surface area (Å²) >= 11 is 3.46. The summed E-state index contributed by atoms with van der Waals surface area (Å²) in [6.07, 6.45) is 0.857. The van der Waals surface area contributed by atoms with Gasteiger partial charge < -0.3 is 19.7 Å². The van der Waals surface area contributed by atoms with Crippen LogP contribution in [0.15, 0.2) is 53.0 Å². The third-order valence-corrected chi connectivity index (χ3v) is 5.12. The zero-order chi connectivity index (χ0) is 21.9. The van der Waals surface area contributed by atoms with Crippen LogP contribution >= 0.6 is 15.9 Å². The maximum Gasteiger partial charge on any atom is 0.242 e. The topological polar surface area (TPSA) is 67.9 Å². The van der Waals surface area contributed by atoms with Crippen LogP contribution in [0.4, 0.5) is 0 Å². The van der Waals surface area contributed by atoms with Gasteiger partial charge in [-0.3, -0.25) is 9.59 Å². The fraction of sp³-hybridized carbons (Fsp3) is 0.391. The number of nitrogens with one attached hydrogen (secondary N) is 1. The van der Waals surface area contributed by atoms with Crippen molar-refractivity contribution >= 4 is 27.7 Å². The number of amides is 2. The Morgan fingerprint density at radius 1 is 1.13 bits per heavy atom. The minimum absolute atomic E-state index is 0.0768. The summed E-state index contributed by atoms with van der Waals surface area (Å²) in [5.41, 5.74) is 0.961. The van der Waals surface area contributed by atoms with Crippen LogP contribution in [0.3, 0.4) is 0 Å². The minimum Gasteiger partial charge on any atom is -0.497 e. The molecule has 6 nitrogen and oxygen atoms in total. The van der Waals surface area contributed by atoms with Crippen molar-refractivity contribution in [2.45, 2.75) is 39.3 Å². The smallest absolute Gasteiger partial charge is 0.242 e. The number of methoxy groups -OCH3 is 1. The first kappa shape index (κ1) is 23.7. The van der Waals surface area contributed by atoms with Crippen molar-refractivity contribution in [3.63, 3.8) is 0 Å². The van der Waals surface area contributed by atoms with Gasteiger partial charge in [0, 0.05) is 24.0 Å². The van der Waals surface area contributed by atoms with E-state index < -0.39 is 6.04 Å². The number of hydrogen-bond acceptors (Lipinski definition) is 4. The second kappa shape index (κ2) is 12.2. The van der Waals surface area contributed by atoms with Gasteiger partial charge in [0.1, 0.15) is 17.5 Å². The van der Waals surface area contributed by atoms with Crippen LogP contribution < -0.4 is 14.8 Å². The lowest BCUT2D eigenvalue weighted by atomic mass is 10.1. The van der Waals surface area contributed by atoms with E-state index in [1.54, 1.807) is 18.9 Å². The van der Waals surface area contributed by atoms with Crippen LogP contribution in [0.25, 0.3) is 0 Å². The van der Waals surface area contributed by atoms with Gasteiger partial charge in [0.05, 0.1) is 13.7 Å². The number of nitrogens with zero attached hydrogens (tertiary/aromatic N) is 1. The molecule has 0 aromatic heterocycles. The summed E-state index contributed by atoms with van der Waals surface area (Å²) < 4.78 is 11.8. The highest BCUT2D eigenvalue weighted by molar-refractivity contribution is 9.10. The lowest BCUT2D eigenvalue weighted by Gasteiger charge is -2.29. The highest BCUT2D eigenvalue weighted by Gasteiger charge is 2.25. The Balaban J connectivity index is 1.95. The molecule has 0 unspecified atom stereocenters. The Morgan fingerprint density at radius 3 is 2.47 bits per heavy atom. The minimum atomic E-state index is -0.557. The second-order valence-corrected chi connectivity index (χ2v) is 7.77. The van der Waals surface area contributed by atoms with E-state index in [-0.39, 0.29) is 11.8 Å². The van der Waals surface area contributed by atoms with E-state index in [0.717, 1.165) is 21.5 Å². The summed E-state index contributed by atoms with van der Waals surface area (Å²) in [5.74, 6) is 1.26. The number of carbonyl (C=O) groups is 2. The fourth-order valence-corrected chi connectivity index (χ4v) is 3.41. The molecule has 0 aliphatic rings.